The van der Waals surface area contributed by atoms with Crippen molar-refractivity contribution in [1.29, 1.82) is 0 Å². The molecule has 0 unspecified atom stereocenters. The van der Waals surface area contributed by atoms with Gasteiger partial charge in [0.25, 0.3) is 0 Å². The van der Waals surface area contributed by atoms with Crippen LogP contribution in [0.3, 0.4) is 0 Å². The number of likely N-dealkylation sites (tertiary alicyclic amines) is 1. The fourth-order valence-electron chi connectivity index (χ4n) is 3.23. The molecule has 2 rings (SSSR count). The Morgan fingerprint density at radius 2 is 1.68 bits per heavy atom. The first kappa shape index (κ1) is 19.6. The highest BCUT2D eigenvalue weighted by Crippen LogP contribution is 2.17. The van der Waals surface area contributed by atoms with Crippen LogP contribution >= 0.6 is 12.4 Å². The van der Waals surface area contributed by atoms with Gasteiger partial charge in [-0.1, -0.05) is 0 Å². The number of halogens is 1. The Bertz CT molecular complexity index is 342. The number of nitrogens with zero attached hydrogens (tertiary/aromatic N) is 3. The monoisotopic (exact) mass is 334 g/mol. The van der Waals surface area contributed by atoms with Gasteiger partial charge in [-0.2, -0.15) is 0 Å². The molecular weight excluding hydrogens is 304 g/mol. The van der Waals surface area contributed by atoms with E-state index in [-0.39, 0.29) is 24.4 Å². The number of rotatable bonds is 4. The maximum atomic E-state index is 12.3. The second kappa shape index (κ2) is 9.03. The van der Waals surface area contributed by atoms with Crippen molar-refractivity contribution in [2.45, 2.75) is 38.0 Å². The number of carbonyl (C=O) groups is 1. The van der Waals surface area contributed by atoms with Crippen molar-refractivity contribution in [3.63, 3.8) is 0 Å². The van der Waals surface area contributed by atoms with Crippen LogP contribution in [0.15, 0.2) is 0 Å². The molecule has 2 saturated heterocycles. The Morgan fingerprint density at radius 3 is 2.18 bits per heavy atom. The predicted molar refractivity (Wildman–Crippen MR) is 90.4 cm³/mol. The molecule has 6 nitrogen and oxygen atoms in total. The highest BCUT2D eigenvalue weighted by molar-refractivity contribution is 5.85. The minimum atomic E-state index is -0.551. The summed E-state index contributed by atoms with van der Waals surface area (Å²) in [6.07, 6.45) is 2.25. The Morgan fingerprint density at radius 1 is 1.14 bits per heavy atom. The molecule has 2 aliphatic heterocycles. The van der Waals surface area contributed by atoms with Crippen molar-refractivity contribution in [3.8, 4) is 0 Å². The lowest BCUT2D eigenvalue weighted by Gasteiger charge is -2.42. The largest absolute Gasteiger partial charge is 0.380 e. The first-order valence-electron chi connectivity index (χ1n) is 8.02. The lowest BCUT2D eigenvalue weighted by atomic mass is 10.0. The molecule has 0 radical (unpaired) electrons. The third-order valence-electron chi connectivity index (χ3n) is 4.99. The average Bonchev–Trinajstić information content (AvgIpc) is 2.53. The third kappa shape index (κ3) is 4.80. The normalized spacial score (nSPS) is 24.6. The fraction of sp³-hybridized carbons (Fsp3) is 0.933. The molecule has 0 aliphatic carbocycles. The molecule has 2 N–H and O–H groups in total. The predicted octanol–water partition coefficient (Wildman–Crippen LogP) is 0.00880. The van der Waals surface area contributed by atoms with Crippen LogP contribution in [0.5, 0.6) is 0 Å². The van der Waals surface area contributed by atoms with Gasteiger partial charge in [0.2, 0.25) is 5.91 Å². The van der Waals surface area contributed by atoms with E-state index in [1.165, 1.54) is 25.9 Å². The Labute approximate surface area is 140 Å². The molecule has 130 valence electrons. The van der Waals surface area contributed by atoms with Crippen LogP contribution in [0.25, 0.3) is 0 Å². The second-order valence-electron chi connectivity index (χ2n) is 6.36. The fourth-order valence-corrected chi connectivity index (χ4v) is 3.23. The lowest BCUT2D eigenvalue weighted by molar-refractivity contribution is -0.137. The molecule has 2 atom stereocenters. The van der Waals surface area contributed by atoms with Crippen LogP contribution in [0.4, 0.5) is 0 Å². The van der Waals surface area contributed by atoms with Gasteiger partial charge in [-0.25, -0.2) is 0 Å². The number of carbonyl (C=O) groups excluding carboxylic acids is 1. The highest BCUT2D eigenvalue weighted by Gasteiger charge is 2.31. The van der Waals surface area contributed by atoms with E-state index in [0.29, 0.717) is 6.04 Å². The zero-order valence-corrected chi connectivity index (χ0v) is 14.8. The van der Waals surface area contributed by atoms with E-state index in [1.54, 1.807) is 7.11 Å². The van der Waals surface area contributed by atoms with Crippen LogP contribution in [0.1, 0.15) is 19.8 Å². The summed E-state index contributed by atoms with van der Waals surface area (Å²) in [5.74, 6) is 0.0207. The summed E-state index contributed by atoms with van der Waals surface area (Å²) in [7, 11) is 3.78. The van der Waals surface area contributed by atoms with Crippen LogP contribution in [0, 0.1) is 0 Å². The first-order chi connectivity index (χ1) is 10.0. The summed E-state index contributed by atoms with van der Waals surface area (Å²) in [5.41, 5.74) is 5.96. The molecule has 0 spiro atoms. The number of methoxy groups -OCH3 is 1. The molecule has 0 aromatic carbocycles. The maximum Gasteiger partial charge on any atom is 0.242 e. The van der Waals surface area contributed by atoms with E-state index in [0.717, 1.165) is 26.2 Å². The topological polar surface area (TPSA) is 62.0 Å². The number of piperidine rings is 1. The van der Waals surface area contributed by atoms with E-state index in [1.807, 2.05) is 11.8 Å². The Hall–Kier alpha value is -0.400. The number of piperazine rings is 1. The molecule has 0 aromatic rings. The van der Waals surface area contributed by atoms with Gasteiger partial charge in [0.15, 0.2) is 0 Å². The van der Waals surface area contributed by atoms with Crippen molar-refractivity contribution in [1.82, 2.24) is 14.7 Å². The van der Waals surface area contributed by atoms with Gasteiger partial charge in [0.1, 0.15) is 6.04 Å². The minimum absolute atomic E-state index is 0. The number of ether oxygens (including phenoxy) is 1. The molecule has 0 bridgehead atoms. The number of hydrogen-bond donors (Lipinski definition) is 1. The molecule has 0 saturated carbocycles. The molecule has 2 fully saturated rings. The maximum absolute atomic E-state index is 12.3. The summed E-state index contributed by atoms with van der Waals surface area (Å²) in [5, 5.41) is 0. The van der Waals surface area contributed by atoms with E-state index in [2.05, 4.69) is 16.8 Å². The Kier molecular flexibility index (Phi) is 8.07. The van der Waals surface area contributed by atoms with E-state index < -0.39 is 6.04 Å². The minimum Gasteiger partial charge on any atom is -0.380 e. The molecule has 2 heterocycles. The zero-order chi connectivity index (χ0) is 15.4. The summed E-state index contributed by atoms with van der Waals surface area (Å²) < 4.78 is 5.16. The van der Waals surface area contributed by atoms with Crippen molar-refractivity contribution < 1.29 is 9.53 Å². The number of hydrogen-bond acceptors (Lipinski definition) is 5. The van der Waals surface area contributed by atoms with Crippen molar-refractivity contribution in [3.05, 3.63) is 0 Å². The van der Waals surface area contributed by atoms with Crippen LogP contribution in [0.2, 0.25) is 0 Å². The zero-order valence-electron chi connectivity index (χ0n) is 14.0. The van der Waals surface area contributed by atoms with Gasteiger partial charge in [-0.15, -0.1) is 12.4 Å². The van der Waals surface area contributed by atoms with Crippen molar-refractivity contribution in [2.24, 2.45) is 5.73 Å². The average molecular weight is 335 g/mol. The van der Waals surface area contributed by atoms with Crippen molar-refractivity contribution >= 4 is 18.3 Å². The summed E-state index contributed by atoms with van der Waals surface area (Å²) in [6, 6.07) is 0.134. The summed E-state index contributed by atoms with van der Waals surface area (Å²) >= 11 is 0. The van der Waals surface area contributed by atoms with Crippen LogP contribution < -0.4 is 5.73 Å². The van der Waals surface area contributed by atoms with Gasteiger partial charge in [0.05, 0.1) is 6.10 Å². The van der Waals surface area contributed by atoms with Crippen LogP contribution in [-0.4, -0.2) is 92.2 Å². The molecule has 22 heavy (non-hydrogen) atoms. The van der Waals surface area contributed by atoms with Gasteiger partial charge < -0.3 is 20.3 Å². The number of amides is 1. The SMILES string of the molecule is CO[C@H](C)[C@@H](N)C(=O)N1CCN(C2CCN(C)CC2)CC1.Cl. The quantitative estimate of drug-likeness (QED) is 0.784. The molecule has 2 aliphatic rings. The molecule has 1 amide bonds. The molecule has 7 heteroatoms. The first-order valence-corrected chi connectivity index (χ1v) is 8.02. The van der Waals surface area contributed by atoms with Crippen LogP contribution in [-0.2, 0) is 9.53 Å². The third-order valence-corrected chi connectivity index (χ3v) is 4.99. The van der Waals surface area contributed by atoms with E-state index in [4.69, 9.17) is 10.5 Å². The Balaban J connectivity index is 0.00000242. The number of nitrogens with two attached hydrogens (primary N) is 1. The van der Waals surface area contributed by atoms with Gasteiger partial charge in [-0.3, -0.25) is 9.69 Å². The summed E-state index contributed by atoms with van der Waals surface area (Å²) in [6.45, 7) is 7.71. The second-order valence-corrected chi connectivity index (χ2v) is 6.36. The van der Waals surface area contributed by atoms with Gasteiger partial charge in [-0.05, 0) is 39.9 Å². The van der Waals surface area contributed by atoms with Crippen molar-refractivity contribution in [2.75, 3.05) is 53.4 Å². The standard InChI is InChI=1S/C15H30N4O2.ClH/c1-12(21-3)14(16)15(20)19-10-8-18(9-11-19)13-4-6-17(2)7-5-13;/h12-14H,4-11,16H2,1-3H3;1H/t12-,14-;/m1./s1. The van der Waals surface area contributed by atoms with Gasteiger partial charge in [0, 0.05) is 39.3 Å². The van der Waals surface area contributed by atoms with E-state index >= 15 is 0 Å². The lowest BCUT2D eigenvalue weighted by Crippen LogP contribution is -2.58. The highest BCUT2D eigenvalue weighted by atomic mass is 35.5. The molecular formula is C15H31ClN4O2. The smallest absolute Gasteiger partial charge is 0.242 e. The summed E-state index contributed by atoms with van der Waals surface area (Å²) in [4.78, 5) is 19.1. The molecule has 0 aromatic heterocycles. The van der Waals surface area contributed by atoms with Gasteiger partial charge >= 0.3 is 0 Å². The van der Waals surface area contributed by atoms with E-state index in [9.17, 15) is 4.79 Å².